The number of piperazine rings is 1. The van der Waals surface area contributed by atoms with Crippen LogP contribution in [0.25, 0.3) is 5.69 Å². The fourth-order valence-electron chi connectivity index (χ4n) is 3.02. The molecular formula is C17H23ClN4O. The number of benzene rings is 1. The molecule has 1 aliphatic heterocycles. The first-order valence-electron chi connectivity index (χ1n) is 7.91. The molecule has 2 N–H and O–H groups in total. The summed E-state index contributed by atoms with van der Waals surface area (Å²) in [6.45, 7) is 7.43. The van der Waals surface area contributed by atoms with Gasteiger partial charge in [-0.05, 0) is 26.0 Å². The van der Waals surface area contributed by atoms with E-state index in [4.69, 9.17) is 11.6 Å². The molecule has 0 amide bonds. The van der Waals surface area contributed by atoms with E-state index in [1.807, 2.05) is 37.3 Å². The molecule has 1 atom stereocenters. The van der Waals surface area contributed by atoms with Crippen molar-refractivity contribution in [2.45, 2.75) is 25.9 Å². The quantitative estimate of drug-likeness (QED) is 0.898. The van der Waals surface area contributed by atoms with Gasteiger partial charge in [0, 0.05) is 31.7 Å². The molecule has 2 aromatic rings. The third-order valence-corrected chi connectivity index (χ3v) is 5.03. The van der Waals surface area contributed by atoms with Gasteiger partial charge in [-0.2, -0.15) is 5.10 Å². The number of aliphatic hydroxyl groups excluding tert-OH is 1. The Morgan fingerprint density at radius 3 is 2.78 bits per heavy atom. The van der Waals surface area contributed by atoms with Crippen LogP contribution in [0.4, 0.5) is 0 Å². The summed E-state index contributed by atoms with van der Waals surface area (Å²) in [4.78, 5) is 2.29. The van der Waals surface area contributed by atoms with Crippen LogP contribution in [-0.2, 0) is 6.54 Å². The van der Waals surface area contributed by atoms with Crippen molar-refractivity contribution < 1.29 is 5.11 Å². The molecule has 6 heteroatoms. The van der Waals surface area contributed by atoms with E-state index in [1.165, 1.54) is 0 Å². The van der Waals surface area contributed by atoms with Crippen LogP contribution in [0.5, 0.6) is 0 Å². The first kappa shape index (κ1) is 16.5. The molecule has 0 bridgehead atoms. The Kier molecular flexibility index (Phi) is 4.73. The Hall–Kier alpha value is -1.40. The van der Waals surface area contributed by atoms with Crippen molar-refractivity contribution in [1.82, 2.24) is 20.0 Å². The molecule has 0 aliphatic carbocycles. The molecule has 2 heterocycles. The van der Waals surface area contributed by atoms with E-state index in [0.717, 1.165) is 36.6 Å². The predicted octanol–water partition coefficient (Wildman–Crippen LogP) is 1.99. The van der Waals surface area contributed by atoms with E-state index in [2.05, 4.69) is 22.2 Å². The Balaban J connectivity index is 1.90. The van der Waals surface area contributed by atoms with Crippen molar-refractivity contribution in [2.24, 2.45) is 0 Å². The molecule has 1 aliphatic rings. The molecule has 1 fully saturated rings. The summed E-state index contributed by atoms with van der Waals surface area (Å²) >= 11 is 6.62. The van der Waals surface area contributed by atoms with Crippen molar-refractivity contribution >= 4 is 11.6 Å². The van der Waals surface area contributed by atoms with Crippen LogP contribution in [-0.4, -0.2) is 51.6 Å². The lowest BCUT2D eigenvalue weighted by Crippen LogP contribution is -2.61. The number of para-hydroxylation sites is 1. The van der Waals surface area contributed by atoms with Crippen LogP contribution in [0, 0.1) is 6.92 Å². The maximum atomic E-state index is 9.79. The average Bonchev–Trinajstić information content (AvgIpc) is 2.86. The number of aliphatic hydroxyl groups is 1. The van der Waals surface area contributed by atoms with Crippen molar-refractivity contribution in [1.29, 1.82) is 0 Å². The fraction of sp³-hybridized carbons (Fsp3) is 0.471. The molecule has 1 saturated heterocycles. The molecule has 0 spiro atoms. The predicted molar refractivity (Wildman–Crippen MR) is 92.1 cm³/mol. The normalized spacial score (nSPS) is 22.4. The minimum Gasteiger partial charge on any atom is -0.394 e. The lowest BCUT2D eigenvalue weighted by atomic mass is 9.97. The molecule has 1 aromatic carbocycles. The third kappa shape index (κ3) is 3.15. The standard InChI is InChI=1S/C17H23ClN4O/c1-13-15(10-21-9-8-19-11-17(21,2)12-23)16(18)22(20-13)14-6-4-3-5-7-14/h3-7,19,23H,8-12H2,1-2H3. The van der Waals surface area contributed by atoms with Crippen LogP contribution >= 0.6 is 11.6 Å². The highest BCUT2D eigenvalue weighted by Gasteiger charge is 2.34. The SMILES string of the molecule is Cc1nn(-c2ccccc2)c(Cl)c1CN1CCNCC1(C)CO. The van der Waals surface area contributed by atoms with Gasteiger partial charge in [-0.3, -0.25) is 4.90 Å². The van der Waals surface area contributed by atoms with Gasteiger partial charge in [-0.1, -0.05) is 29.8 Å². The van der Waals surface area contributed by atoms with E-state index in [-0.39, 0.29) is 12.1 Å². The Morgan fingerprint density at radius 2 is 2.09 bits per heavy atom. The van der Waals surface area contributed by atoms with E-state index in [1.54, 1.807) is 4.68 Å². The van der Waals surface area contributed by atoms with Crippen LogP contribution in [0.1, 0.15) is 18.2 Å². The minimum absolute atomic E-state index is 0.115. The summed E-state index contributed by atoms with van der Waals surface area (Å²) in [6, 6.07) is 9.90. The topological polar surface area (TPSA) is 53.3 Å². The Bertz CT molecular complexity index is 673. The molecule has 124 valence electrons. The van der Waals surface area contributed by atoms with Gasteiger partial charge in [0.2, 0.25) is 0 Å². The van der Waals surface area contributed by atoms with Crippen LogP contribution in [0.2, 0.25) is 5.15 Å². The highest BCUT2D eigenvalue weighted by molar-refractivity contribution is 6.30. The number of nitrogens with zero attached hydrogens (tertiary/aromatic N) is 3. The molecule has 1 aromatic heterocycles. The third-order valence-electron chi connectivity index (χ3n) is 4.64. The van der Waals surface area contributed by atoms with Crippen LogP contribution in [0.3, 0.4) is 0 Å². The smallest absolute Gasteiger partial charge is 0.137 e. The monoisotopic (exact) mass is 334 g/mol. The first-order chi connectivity index (χ1) is 11.0. The second kappa shape index (κ2) is 6.61. The van der Waals surface area contributed by atoms with Crippen LogP contribution in [0.15, 0.2) is 30.3 Å². The highest BCUT2D eigenvalue weighted by atomic mass is 35.5. The van der Waals surface area contributed by atoms with E-state index >= 15 is 0 Å². The van der Waals surface area contributed by atoms with Crippen LogP contribution < -0.4 is 5.32 Å². The zero-order valence-electron chi connectivity index (χ0n) is 13.6. The second-order valence-corrected chi connectivity index (χ2v) is 6.71. The summed E-state index contributed by atoms with van der Waals surface area (Å²) in [6.07, 6.45) is 0. The summed E-state index contributed by atoms with van der Waals surface area (Å²) in [5, 5.41) is 18.4. The largest absolute Gasteiger partial charge is 0.394 e. The number of aryl methyl sites for hydroxylation is 1. The highest BCUT2D eigenvalue weighted by Crippen LogP contribution is 2.28. The molecule has 23 heavy (non-hydrogen) atoms. The van der Waals surface area contributed by atoms with E-state index in [0.29, 0.717) is 11.7 Å². The van der Waals surface area contributed by atoms with Gasteiger partial charge in [0.25, 0.3) is 0 Å². The summed E-state index contributed by atoms with van der Waals surface area (Å²) in [5.41, 5.74) is 2.63. The van der Waals surface area contributed by atoms with Crippen molar-refractivity contribution in [3.63, 3.8) is 0 Å². The van der Waals surface area contributed by atoms with Gasteiger partial charge in [0.15, 0.2) is 0 Å². The zero-order valence-corrected chi connectivity index (χ0v) is 14.3. The number of rotatable bonds is 4. The fourth-order valence-corrected chi connectivity index (χ4v) is 3.35. The summed E-state index contributed by atoms with van der Waals surface area (Å²) < 4.78 is 1.78. The van der Waals surface area contributed by atoms with Gasteiger partial charge < -0.3 is 10.4 Å². The number of hydrogen-bond donors (Lipinski definition) is 2. The molecular weight excluding hydrogens is 312 g/mol. The zero-order chi connectivity index (χ0) is 16.4. The molecule has 3 rings (SSSR count). The number of hydrogen-bond acceptors (Lipinski definition) is 4. The lowest BCUT2D eigenvalue weighted by Gasteiger charge is -2.44. The second-order valence-electron chi connectivity index (χ2n) is 6.36. The molecule has 5 nitrogen and oxygen atoms in total. The first-order valence-corrected chi connectivity index (χ1v) is 8.29. The maximum absolute atomic E-state index is 9.79. The van der Waals surface area contributed by atoms with Gasteiger partial charge in [-0.15, -0.1) is 0 Å². The van der Waals surface area contributed by atoms with Gasteiger partial charge in [0.05, 0.1) is 23.5 Å². The van der Waals surface area contributed by atoms with Crippen molar-refractivity contribution in [3.8, 4) is 5.69 Å². The summed E-state index contributed by atoms with van der Waals surface area (Å²) in [5.74, 6) is 0. The van der Waals surface area contributed by atoms with Gasteiger partial charge >= 0.3 is 0 Å². The molecule has 1 unspecified atom stereocenters. The minimum atomic E-state index is -0.275. The number of nitrogens with one attached hydrogen (secondary N) is 1. The average molecular weight is 335 g/mol. The Labute approximate surface area is 141 Å². The number of aromatic nitrogens is 2. The lowest BCUT2D eigenvalue weighted by molar-refractivity contribution is 0.0175. The Morgan fingerprint density at radius 1 is 1.35 bits per heavy atom. The molecule has 0 saturated carbocycles. The van der Waals surface area contributed by atoms with E-state index in [9.17, 15) is 5.11 Å². The molecule has 0 radical (unpaired) electrons. The van der Waals surface area contributed by atoms with Gasteiger partial charge in [-0.25, -0.2) is 4.68 Å². The van der Waals surface area contributed by atoms with Gasteiger partial charge in [0.1, 0.15) is 5.15 Å². The van der Waals surface area contributed by atoms with E-state index < -0.39 is 0 Å². The van der Waals surface area contributed by atoms with Crippen molar-refractivity contribution in [2.75, 3.05) is 26.2 Å². The van der Waals surface area contributed by atoms with Crippen molar-refractivity contribution in [3.05, 3.63) is 46.7 Å². The number of halogens is 1. The summed E-state index contributed by atoms with van der Waals surface area (Å²) in [7, 11) is 0. The maximum Gasteiger partial charge on any atom is 0.137 e.